The molecule has 1 saturated carbocycles. The molecule has 4 heteroatoms. The molecule has 2 fully saturated rings. The first kappa shape index (κ1) is 17.7. The van der Waals surface area contributed by atoms with Crippen LogP contribution in [-0.4, -0.2) is 42.0 Å². The van der Waals surface area contributed by atoms with Crippen LogP contribution in [0.3, 0.4) is 0 Å². The number of aryl methyl sites for hydroxylation is 1. The lowest BCUT2D eigenvalue weighted by Crippen LogP contribution is -2.62. The highest BCUT2D eigenvalue weighted by Crippen LogP contribution is 2.51. The van der Waals surface area contributed by atoms with Crippen LogP contribution < -0.4 is 4.90 Å². The van der Waals surface area contributed by atoms with E-state index in [1.807, 2.05) is 6.92 Å². The molecular formula is C22H30N2O2. The molecule has 0 radical (unpaired) electrons. The quantitative estimate of drug-likeness (QED) is 0.905. The first-order chi connectivity index (χ1) is 12.6. The molecule has 1 aliphatic carbocycles. The Morgan fingerprint density at radius 1 is 1.23 bits per heavy atom. The minimum Gasteiger partial charge on any atom is -0.392 e. The summed E-state index contributed by atoms with van der Waals surface area (Å²) in [6.45, 7) is 9.07. The topological polar surface area (TPSA) is 45.6 Å². The molecule has 0 amide bonds. The van der Waals surface area contributed by atoms with Crippen LogP contribution in [0.1, 0.15) is 44.4 Å². The number of para-hydroxylation sites is 1. The van der Waals surface area contributed by atoms with Crippen molar-refractivity contribution in [3.63, 3.8) is 0 Å². The number of nitrogens with zero attached hydrogens (tertiary/aromatic N) is 2. The van der Waals surface area contributed by atoms with Gasteiger partial charge in [-0.1, -0.05) is 25.1 Å². The van der Waals surface area contributed by atoms with Crippen molar-refractivity contribution in [2.24, 2.45) is 5.41 Å². The first-order valence-corrected chi connectivity index (χ1v) is 10.0. The monoisotopic (exact) mass is 354 g/mol. The number of aliphatic hydroxyl groups is 1. The van der Waals surface area contributed by atoms with Crippen molar-refractivity contribution in [1.29, 1.82) is 0 Å². The molecule has 140 valence electrons. The van der Waals surface area contributed by atoms with E-state index in [0.717, 1.165) is 56.6 Å². The van der Waals surface area contributed by atoms with Crippen molar-refractivity contribution in [1.82, 2.24) is 4.98 Å². The third-order valence-corrected chi connectivity index (χ3v) is 6.64. The highest BCUT2D eigenvalue weighted by atomic mass is 16.5. The van der Waals surface area contributed by atoms with Gasteiger partial charge < -0.3 is 14.7 Å². The van der Waals surface area contributed by atoms with Gasteiger partial charge in [0.25, 0.3) is 0 Å². The molecule has 1 aromatic carbocycles. The summed E-state index contributed by atoms with van der Waals surface area (Å²) in [4.78, 5) is 7.34. The Morgan fingerprint density at radius 3 is 2.62 bits per heavy atom. The Bertz CT molecular complexity index is 794. The van der Waals surface area contributed by atoms with Gasteiger partial charge in [0.1, 0.15) is 0 Å². The van der Waals surface area contributed by atoms with Crippen LogP contribution in [0.25, 0.3) is 10.9 Å². The van der Waals surface area contributed by atoms with Crippen LogP contribution in [0.5, 0.6) is 0 Å². The van der Waals surface area contributed by atoms with Gasteiger partial charge in [-0.25, -0.2) is 0 Å². The zero-order chi connectivity index (χ0) is 18.3. The van der Waals surface area contributed by atoms with Crippen LogP contribution in [-0.2, 0) is 11.2 Å². The van der Waals surface area contributed by atoms with E-state index in [-0.39, 0.29) is 17.6 Å². The van der Waals surface area contributed by atoms with Crippen LogP contribution in [0.2, 0.25) is 0 Å². The maximum absolute atomic E-state index is 10.5. The van der Waals surface area contributed by atoms with E-state index in [2.05, 4.69) is 43.0 Å². The molecule has 1 N–H and O–H groups in total. The van der Waals surface area contributed by atoms with Crippen molar-refractivity contribution in [2.75, 3.05) is 24.6 Å². The summed E-state index contributed by atoms with van der Waals surface area (Å²) in [7, 11) is 0. The van der Waals surface area contributed by atoms with Crippen LogP contribution in [0.15, 0.2) is 24.3 Å². The lowest BCUT2D eigenvalue weighted by atomic mass is 9.58. The summed E-state index contributed by atoms with van der Waals surface area (Å²) < 4.78 is 5.93. The minimum absolute atomic E-state index is 0.0310. The Hall–Kier alpha value is -1.65. The summed E-state index contributed by atoms with van der Waals surface area (Å²) in [5.41, 5.74) is 4.89. The van der Waals surface area contributed by atoms with Gasteiger partial charge in [-0.15, -0.1) is 0 Å². The van der Waals surface area contributed by atoms with Crippen molar-refractivity contribution in [3.05, 3.63) is 35.5 Å². The number of rotatable bonds is 4. The SMILES string of the molecule is CCOC1CC(O)C12CCN(c1c(CC)c(C)nc3ccccc13)CC2. The third-order valence-electron chi connectivity index (χ3n) is 6.64. The molecule has 1 aliphatic heterocycles. The molecule has 4 nitrogen and oxygen atoms in total. The number of pyridine rings is 1. The molecule has 26 heavy (non-hydrogen) atoms. The molecule has 4 rings (SSSR count). The second-order valence-electron chi connectivity index (χ2n) is 7.81. The van der Waals surface area contributed by atoms with Gasteiger partial charge in [-0.05, 0) is 44.7 Å². The molecule has 1 saturated heterocycles. The second kappa shape index (κ2) is 6.82. The zero-order valence-corrected chi connectivity index (χ0v) is 16.2. The summed E-state index contributed by atoms with van der Waals surface area (Å²) in [5.74, 6) is 0. The zero-order valence-electron chi connectivity index (χ0n) is 16.2. The highest BCUT2D eigenvalue weighted by molar-refractivity contribution is 5.94. The Morgan fingerprint density at radius 2 is 1.96 bits per heavy atom. The highest BCUT2D eigenvalue weighted by Gasteiger charge is 2.56. The molecule has 2 atom stereocenters. The van der Waals surface area contributed by atoms with Crippen molar-refractivity contribution in [3.8, 4) is 0 Å². The fraction of sp³-hybridized carbons (Fsp3) is 0.591. The number of hydrogen-bond acceptors (Lipinski definition) is 4. The number of benzene rings is 1. The van der Waals surface area contributed by atoms with Gasteiger partial charge in [0, 0.05) is 42.6 Å². The lowest BCUT2D eigenvalue weighted by molar-refractivity contribution is -0.199. The maximum Gasteiger partial charge on any atom is 0.0726 e. The van der Waals surface area contributed by atoms with E-state index in [0.29, 0.717) is 0 Å². The fourth-order valence-corrected chi connectivity index (χ4v) is 5.10. The number of anilines is 1. The number of hydrogen-bond donors (Lipinski definition) is 1. The molecular weight excluding hydrogens is 324 g/mol. The van der Waals surface area contributed by atoms with Crippen molar-refractivity contribution < 1.29 is 9.84 Å². The summed E-state index contributed by atoms with van der Waals surface area (Å²) in [5, 5.41) is 11.7. The van der Waals surface area contributed by atoms with Crippen molar-refractivity contribution in [2.45, 2.75) is 58.7 Å². The summed E-state index contributed by atoms with van der Waals surface area (Å²) in [6, 6.07) is 8.47. The number of aromatic nitrogens is 1. The summed E-state index contributed by atoms with van der Waals surface area (Å²) >= 11 is 0. The number of aliphatic hydroxyl groups excluding tert-OH is 1. The van der Waals surface area contributed by atoms with Gasteiger partial charge in [0.15, 0.2) is 0 Å². The molecule has 1 spiro atoms. The van der Waals surface area contributed by atoms with Gasteiger partial charge >= 0.3 is 0 Å². The van der Waals surface area contributed by atoms with E-state index in [1.165, 1.54) is 16.6 Å². The van der Waals surface area contributed by atoms with Crippen LogP contribution >= 0.6 is 0 Å². The predicted molar refractivity (Wildman–Crippen MR) is 106 cm³/mol. The molecule has 2 aromatic rings. The van der Waals surface area contributed by atoms with E-state index < -0.39 is 0 Å². The molecule has 1 aromatic heterocycles. The Balaban J connectivity index is 1.66. The van der Waals surface area contributed by atoms with Gasteiger partial charge in [0.05, 0.1) is 23.4 Å². The van der Waals surface area contributed by atoms with E-state index in [9.17, 15) is 5.11 Å². The molecule has 2 aliphatic rings. The van der Waals surface area contributed by atoms with Gasteiger partial charge in [-0.2, -0.15) is 0 Å². The predicted octanol–water partition coefficient (Wildman–Crippen LogP) is 3.86. The fourth-order valence-electron chi connectivity index (χ4n) is 5.10. The Labute approximate surface area is 156 Å². The van der Waals surface area contributed by atoms with Gasteiger partial charge in [-0.3, -0.25) is 4.98 Å². The molecule has 2 heterocycles. The number of piperidine rings is 1. The van der Waals surface area contributed by atoms with Crippen molar-refractivity contribution >= 4 is 16.6 Å². The smallest absolute Gasteiger partial charge is 0.0726 e. The first-order valence-electron chi connectivity index (χ1n) is 10.0. The third kappa shape index (κ3) is 2.62. The van der Waals surface area contributed by atoms with E-state index in [1.54, 1.807) is 0 Å². The Kier molecular flexibility index (Phi) is 4.66. The standard InChI is InChI=1S/C22H30N2O2/c1-4-16-15(3)23-18-9-7-6-8-17(18)21(16)24-12-10-22(11-13-24)19(25)14-20(22)26-5-2/h6-9,19-20,25H,4-5,10-14H2,1-3H3. The molecule has 2 unspecified atom stereocenters. The molecule has 0 bridgehead atoms. The van der Waals surface area contributed by atoms with Crippen LogP contribution in [0.4, 0.5) is 5.69 Å². The normalized spacial score (nSPS) is 24.8. The summed E-state index contributed by atoms with van der Waals surface area (Å²) in [6.07, 6.45) is 3.81. The minimum atomic E-state index is -0.206. The maximum atomic E-state index is 10.5. The second-order valence-corrected chi connectivity index (χ2v) is 7.81. The van der Waals surface area contributed by atoms with E-state index in [4.69, 9.17) is 9.72 Å². The van der Waals surface area contributed by atoms with E-state index >= 15 is 0 Å². The average Bonchev–Trinajstić information content (AvgIpc) is 2.67. The number of fused-ring (bicyclic) bond motifs is 1. The van der Waals surface area contributed by atoms with Gasteiger partial charge in [0.2, 0.25) is 0 Å². The van der Waals surface area contributed by atoms with Crippen LogP contribution in [0, 0.1) is 12.3 Å². The number of ether oxygens (including phenoxy) is 1. The lowest BCUT2D eigenvalue weighted by Gasteiger charge is -2.57. The largest absolute Gasteiger partial charge is 0.392 e. The average molecular weight is 354 g/mol.